The molecule has 5 nitrogen and oxygen atoms in total. The third-order valence-corrected chi connectivity index (χ3v) is 2.46. The summed E-state index contributed by atoms with van der Waals surface area (Å²) < 4.78 is 5.60. The van der Waals surface area contributed by atoms with Crippen LogP contribution in [0.4, 0.5) is 0 Å². The van der Waals surface area contributed by atoms with Crippen LogP contribution in [-0.4, -0.2) is 20.2 Å². The summed E-state index contributed by atoms with van der Waals surface area (Å²) in [5.41, 5.74) is 2.44. The topological polar surface area (TPSA) is 64.7 Å². The Morgan fingerprint density at radius 2 is 1.72 bits per heavy atom. The minimum atomic E-state index is 0.422. The Labute approximate surface area is 104 Å². The van der Waals surface area contributed by atoms with Gasteiger partial charge in [0.1, 0.15) is 5.69 Å². The van der Waals surface area contributed by atoms with Crippen molar-refractivity contribution in [2.24, 2.45) is 0 Å². The van der Waals surface area contributed by atoms with Crippen LogP contribution in [0.5, 0.6) is 0 Å². The van der Waals surface area contributed by atoms with Crippen LogP contribution in [0.1, 0.15) is 5.69 Å². The molecular weight excluding hydrogens is 228 g/mol. The van der Waals surface area contributed by atoms with Gasteiger partial charge in [-0.25, -0.2) is 4.98 Å². The zero-order valence-electron chi connectivity index (χ0n) is 9.74. The van der Waals surface area contributed by atoms with Gasteiger partial charge in [0.2, 0.25) is 5.89 Å². The number of hydrogen-bond acceptors (Lipinski definition) is 5. The van der Waals surface area contributed by atoms with Gasteiger partial charge in [-0.15, -0.1) is 10.2 Å². The molecule has 18 heavy (non-hydrogen) atoms. The maximum atomic E-state index is 5.60. The quantitative estimate of drug-likeness (QED) is 0.686. The average Bonchev–Trinajstić information content (AvgIpc) is 2.89. The maximum absolute atomic E-state index is 5.60. The number of aromatic nitrogens is 4. The Hall–Kier alpha value is -2.56. The second-order valence-corrected chi connectivity index (χ2v) is 3.81. The van der Waals surface area contributed by atoms with E-state index in [0.717, 1.165) is 11.3 Å². The molecule has 3 aromatic rings. The van der Waals surface area contributed by atoms with Crippen molar-refractivity contribution < 1.29 is 4.42 Å². The molecule has 0 saturated heterocycles. The Kier molecular flexibility index (Phi) is 2.57. The van der Waals surface area contributed by atoms with E-state index in [1.165, 1.54) is 0 Å². The zero-order valence-corrected chi connectivity index (χ0v) is 9.74. The molecule has 0 radical (unpaired) electrons. The van der Waals surface area contributed by atoms with Crippen LogP contribution in [0.15, 0.2) is 47.1 Å². The van der Waals surface area contributed by atoms with Crippen molar-refractivity contribution in [3.63, 3.8) is 0 Å². The van der Waals surface area contributed by atoms with Crippen LogP contribution in [0, 0.1) is 6.92 Å². The van der Waals surface area contributed by atoms with Crippen molar-refractivity contribution >= 4 is 0 Å². The van der Waals surface area contributed by atoms with E-state index < -0.39 is 0 Å². The lowest BCUT2D eigenvalue weighted by Crippen LogP contribution is -1.85. The SMILES string of the molecule is Cc1cccc(-c2nnc(-c3ccncc3)o2)n1. The monoisotopic (exact) mass is 238 g/mol. The van der Waals surface area contributed by atoms with Crippen molar-refractivity contribution in [1.29, 1.82) is 0 Å². The summed E-state index contributed by atoms with van der Waals surface area (Å²) in [4.78, 5) is 8.29. The summed E-state index contributed by atoms with van der Waals surface area (Å²) in [5.74, 6) is 0.890. The Bertz CT molecular complexity index is 664. The summed E-state index contributed by atoms with van der Waals surface area (Å²) >= 11 is 0. The smallest absolute Gasteiger partial charge is 0.266 e. The number of pyridine rings is 2. The Morgan fingerprint density at radius 3 is 2.50 bits per heavy atom. The second kappa shape index (κ2) is 4.37. The molecule has 0 aromatic carbocycles. The van der Waals surface area contributed by atoms with E-state index in [4.69, 9.17) is 4.42 Å². The van der Waals surface area contributed by atoms with Gasteiger partial charge >= 0.3 is 0 Å². The van der Waals surface area contributed by atoms with Crippen LogP contribution in [0.3, 0.4) is 0 Å². The van der Waals surface area contributed by atoms with E-state index in [2.05, 4.69) is 20.2 Å². The first-order valence-corrected chi connectivity index (χ1v) is 5.51. The van der Waals surface area contributed by atoms with E-state index in [1.54, 1.807) is 12.4 Å². The molecular formula is C13H10N4O. The highest BCUT2D eigenvalue weighted by Crippen LogP contribution is 2.21. The van der Waals surface area contributed by atoms with E-state index in [9.17, 15) is 0 Å². The second-order valence-electron chi connectivity index (χ2n) is 3.81. The first-order chi connectivity index (χ1) is 8.83. The van der Waals surface area contributed by atoms with E-state index in [-0.39, 0.29) is 0 Å². The van der Waals surface area contributed by atoms with Gasteiger partial charge in [-0.1, -0.05) is 6.07 Å². The van der Waals surface area contributed by atoms with Gasteiger partial charge in [-0.2, -0.15) is 0 Å². The molecule has 3 rings (SSSR count). The summed E-state index contributed by atoms with van der Waals surface area (Å²) in [6, 6.07) is 9.32. The summed E-state index contributed by atoms with van der Waals surface area (Å²) in [6.07, 6.45) is 3.37. The van der Waals surface area contributed by atoms with Crippen LogP contribution in [0.2, 0.25) is 0 Å². The molecule has 88 valence electrons. The van der Waals surface area contributed by atoms with E-state index in [1.807, 2.05) is 37.3 Å². The van der Waals surface area contributed by atoms with E-state index in [0.29, 0.717) is 17.5 Å². The van der Waals surface area contributed by atoms with Gasteiger partial charge in [0, 0.05) is 23.7 Å². The van der Waals surface area contributed by atoms with Crippen LogP contribution >= 0.6 is 0 Å². The summed E-state index contributed by atoms with van der Waals surface area (Å²) in [6.45, 7) is 1.92. The average molecular weight is 238 g/mol. The summed E-state index contributed by atoms with van der Waals surface area (Å²) in [5, 5.41) is 8.01. The third kappa shape index (κ3) is 1.98. The zero-order chi connectivity index (χ0) is 12.4. The molecule has 5 heteroatoms. The first kappa shape index (κ1) is 10.6. The molecule has 0 amide bonds. The molecule has 0 spiro atoms. The molecule has 0 N–H and O–H groups in total. The standard InChI is InChI=1S/C13H10N4O/c1-9-3-2-4-11(15-9)13-17-16-12(18-13)10-5-7-14-8-6-10/h2-8H,1H3. The molecule has 0 atom stereocenters. The molecule has 0 saturated carbocycles. The fourth-order valence-corrected chi connectivity index (χ4v) is 1.60. The molecule has 3 heterocycles. The lowest BCUT2D eigenvalue weighted by atomic mass is 10.3. The predicted octanol–water partition coefficient (Wildman–Crippen LogP) is 2.50. The highest BCUT2D eigenvalue weighted by atomic mass is 16.4. The van der Waals surface area contributed by atoms with Gasteiger partial charge in [0.15, 0.2) is 0 Å². The minimum absolute atomic E-state index is 0.422. The van der Waals surface area contributed by atoms with Crippen molar-refractivity contribution in [2.75, 3.05) is 0 Å². The molecule has 0 fully saturated rings. The number of aryl methyl sites for hydroxylation is 1. The molecule has 0 aliphatic carbocycles. The highest BCUT2D eigenvalue weighted by Gasteiger charge is 2.10. The minimum Gasteiger partial charge on any atom is -0.415 e. The highest BCUT2D eigenvalue weighted by molar-refractivity contribution is 5.54. The van der Waals surface area contributed by atoms with Crippen molar-refractivity contribution in [3.8, 4) is 23.0 Å². The van der Waals surface area contributed by atoms with Gasteiger partial charge in [-0.05, 0) is 31.2 Å². The van der Waals surface area contributed by atoms with Gasteiger partial charge in [0.05, 0.1) is 0 Å². The molecule has 0 bridgehead atoms. The Morgan fingerprint density at radius 1 is 0.944 bits per heavy atom. The number of nitrogens with zero attached hydrogens (tertiary/aromatic N) is 4. The Balaban J connectivity index is 2.00. The van der Waals surface area contributed by atoms with Gasteiger partial charge in [-0.3, -0.25) is 4.98 Å². The molecule has 0 aliphatic heterocycles. The molecule has 0 aliphatic rings. The van der Waals surface area contributed by atoms with Crippen molar-refractivity contribution in [1.82, 2.24) is 20.2 Å². The van der Waals surface area contributed by atoms with Gasteiger partial charge < -0.3 is 4.42 Å². The van der Waals surface area contributed by atoms with Crippen LogP contribution in [0.25, 0.3) is 23.0 Å². The van der Waals surface area contributed by atoms with Crippen molar-refractivity contribution in [2.45, 2.75) is 6.92 Å². The first-order valence-electron chi connectivity index (χ1n) is 5.51. The van der Waals surface area contributed by atoms with E-state index >= 15 is 0 Å². The van der Waals surface area contributed by atoms with Gasteiger partial charge in [0.25, 0.3) is 5.89 Å². The number of rotatable bonds is 2. The molecule has 0 unspecified atom stereocenters. The predicted molar refractivity (Wildman–Crippen MR) is 65.5 cm³/mol. The third-order valence-electron chi connectivity index (χ3n) is 2.46. The fourth-order valence-electron chi connectivity index (χ4n) is 1.60. The molecule has 3 aromatic heterocycles. The lowest BCUT2D eigenvalue weighted by molar-refractivity contribution is 0.582. The normalized spacial score (nSPS) is 10.5. The van der Waals surface area contributed by atoms with Crippen molar-refractivity contribution in [3.05, 3.63) is 48.4 Å². The fraction of sp³-hybridized carbons (Fsp3) is 0.0769. The van der Waals surface area contributed by atoms with Crippen LogP contribution in [-0.2, 0) is 0 Å². The van der Waals surface area contributed by atoms with Crippen LogP contribution < -0.4 is 0 Å². The maximum Gasteiger partial charge on any atom is 0.266 e. The number of hydrogen-bond donors (Lipinski definition) is 0. The summed E-state index contributed by atoms with van der Waals surface area (Å²) in [7, 11) is 0. The largest absolute Gasteiger partial charge is 0.415 e. The lowest BCUT2D eigenvalue weighted by Gasteiger charge is -1.95.